The largest absolute Gasteiger partial charge is 0.311 e. The van der Waals surface area contributed by atoms with Gasteiger partial charge in [0.05, 0.1) is 0 Å². The van der Waals surface area contributed by atoms with Crippen LogP contribution in [0.4, 0.5) is 0 Å². The Kier molecular flexibility index (Phi) is 2.68. The van der Waals surface area contributed by atoms with Crippen LogP contribution in [0.1, 0.15) is 42.7 Å². The molecular weight excluding hydrogens is 218 g/mol. The highest BCUT2D eigenvalue weighted by Crippen LogP contribution is 2.40. The fourth-order valence-corrected chi connectivity index (χ4v) is 3.58. The van der Waals surface area contributed by atoms with E-state index in [2.05, 4.69) is 30.4 Å². The van der Waals surface area contributed by atoms with Gasteiger partial charge in [-0.3, -0.25) is 0 Å². The molecule has 0 aromatic heterocycles. The summed E-state index contributed by atoms with van der Waals surface area (Å²) in [6.07, 6.45) is 5.23. The van der Waals surface area contributed by atoms with Crippen molar-refractivity contribution in [3.05, 3.63) is 34.3 Å². The van der Waals surface area contributed by atoms with Crippen molar-refractivity contribution in [2.24, 2.45) is 0 Å². The third-order valence-electron chi connectivity index (χ3n) is 4.13. The maximum atomic E-state index is 6.42. The smallest absolute Gasteiger partial charge is 0.0470 e. The third kappa shape index (κ3) is 1.76. The number of rotatable bonds is 1. The van der Waals surface area contributed by atoms with Crippen LogP contribution < -0.4 is 5.32 Å². The van der Waals surface area contributed by atoms with Gasteiger partial charge in [0.25, 0.3) is 0 Å². The first-order valence-electron chi connectivity index (χ1n) is 6.25. The Morgan fingerprint density at radius 2 is 1.88 bits per heavy atom. The Bertz CT molecular complexity index is 390. The average molecular weight is 236 g/mol. The number of aryl methyl sites for hydroxylation is 1. The van der Waals surface area contributed by atoms with E-state index < -0.39 is 0 Å². The standard InChI is InChI=1S/C14H18ClN/c1-9-3-2-4-13(14(9)15)10-7-11-5-6-12(8-10)16-11/h2-4,10-12,16H,5-8H2,1H3/t10?,11-,12+. The highest BCUT2D eigenvalue weighted by atomic mass is 35.5. The molecule has 2 heterocycles. The number of nitrogens with one attached hydrogen (secondary N) is 1. The van der Waals surface area contributed by atoms with Gasteiger partial charge in [-0.05, 0) is 49.7 Å². The molecule has 1 aromatic carbocycles. The van der Waals surface area contributed by atoms with E-state index in [4.69, 9.17) is 11.6 Å². The van der Waals surface area contributed by atoms with Gasteiger partial charge in [-0.1, -0.05) is 29.8 Å². The van der Waals surface area contributed by atoms with Gasteiger partial charge in [-0.2, -0.15) is 0 Å². The molecule has 2 heteroatoms. The minimum absolute atomic E-state index is 0.672. The van der Waals surface area contributed by atoms with E-state index in [-0.39, 0.29) is 0 Å². The molecule has 1 N–H and O–H groups in total. The molecular formula is C14H18ClN. The molecule has 0 spiro atoms. The second kappa shape index (κ2) is 4.05. The molecule has 1 nitrogen and oxygen atoms in total. The van der Waals surface area contributed by atoms with E-state index in [1.807, 2.05) is 0 Å². The van der Waals surface area contributed by atoms with Gasteiger partial charge in [0.15, 0.2) is 0 Å². The van der Waals surface area contributed by atoms with E-state index in [0.29, 0.717) is 5.92 Å². The lowest BCUT2D eigenvalue weighted by molar-refractivity contribution is 0.363. The maximum Gasteiger partial charge on any atom is 0.0470 e. The van der Waals surface area contributed by atoms with Crippen LogP contribution >= 0.6 is 11.6 Å². The van der Waals surface area contributed by atoms with E-state index in [0.717, 1.165) is 17.1 Å². The molecule has 0 amide bonds. The molecule has 0 saturated carbocycles. The van der Waals surface area contributed by atoms with Crippen LogP contribution in [0.5, 0.6) is 0 Å². The van der Waals surface area contributed by atoms with Crippen molar-refractivity contribution in [1.29, 1.82) is 0 Å². The Labute approximate surface area is 102 Å². The van der Waals surface area contributed by atoms with Gasteiger partial charge in [-0.25, -0.2) is 0 Å². The highest BCUT2D eigenvalue weighted by molar-refractivity contribution is 6.32. The van der Waals surface area contributed by atoms with Crippen molar-refractivity contribution in [3.63, 3.8) is 0 Å². The first kappa shape index (κ1) is 10.6. The molecule has 2 aliphatic heterocycles. The number of benzene rings is 1. The van der Waals surface area contributed by atoms with Crippen LogP contribution in [0, 0.1) is 6.92 Å². The van der Waals surface area contributed by atoms with Crippen LogP contribution in [0.15, 0.2) is 18.2 Å². The predicted octanol–water partition coefficient (Wildman–Crippen LogP) is 3.65. The minimum atomic E-state index is 0.672. The molecule has 0 radical (unpaired) electrons. The SMILES string of the molecule is Cc1cccc(C2C[C@H]3CC[C@@H](C2)N3)c1Cl. The van der Waals surface area contributed by atoms with Crippen molar-refractivity contribution < 1.29 is 0 Å². The van der Waals surface area contributed by atoms with Crippen LogP contribution in [0.2, 0.25) is 5.02 Å². The molecule has 0 aliphatic carbocycles. The first-order valence-corrected chi connectivity index (χ1v) is 6.63. The highest BCUT2D eigenvalue weighted by Gasteiger charge is 2.34. The van der Waals surface area contributed by atoms with Crippen molar-refractivity contribution >= 4 is 11.6 Å². The van der Waals surface area contributed by atoms with E-state index in [1.54, 1.807) is 0 Å². The van der Waals surface area contributed by atoms with Gasteiger partial charge >= 0.3 is 0 Å². The molecule has 16 heavy (non-hydrogen) atoms. The summed E-state index contributed by atoms with van der Waals surface area (Å²) in [5.41, 5.74) is 2.59. The van der Waals surface area contributed by atoms with E-state index in [9.17, 15) is 0 Å². The topological polar surface area (TPSA) is 12.0 Å². The summed E-state index contributed by atoms with van der Waals surface area (Å²) in [7, 11) is 0. The van der Waals surface area contributed by atoms with Gasteiger partial charge in [-0.15, -0.1) is 0 Å². The normalized spacial score (nSPS) is 33.0. The number of fused-ring (bicyclic) bond motifs is 2. The molecule has 3 rings (SSSR count). The zero-order chi connectivity index (χ0) is 11.1. The van der Waals surface area contributed by atoms with Gasteiger partial charge in [0.2, 0.25) is 0 Å². The molecule has 1 aromatic rings. The van der Waals surface area contributed by atoms with Crippen LogP contribution in [-0.2, 0) is 0 Å². The molecule has 2 bridgehead atoms. The van der Waals surface area contributed by atoms with E-state index in [1.165, 1.54) is 36.8 Å². The third-order valence-corrected chi connectivity index (χ3v) is 4.65. The molecule has 2 saturated heterocycles. The Morgan fingerprint density at radius 1 is 1.19 bits per heavy atom. The quantitative estimate of drug-likeness (QED) is 0.784. The first-order chi connectivity index (χ1) is 7.74. The Hall–Kier alpha value is -0.530. The Morgan fingerprint density at radius 3 is 2.56 bits per heavy atom. The summed E-state index contributed by atoms with van der Waals surface area (Å²) in [5, 5.41) is 4.68. The van der Waals surface area contributed by atoms with Gasteiger partial charge < -0.3 is 5.32 Å². The maximum absolute atomic E-state index is 6.42. The lowest BCUT2D eigenvalue weighted by Crippen LogP contribution is -2.37. The second-order valence-electron chi connectivity index (χ2n) is 5.28. The molecule has 2 aliphatic rings. The van der Waals surface area contributed by atoms with Crippen molar-refractivity contribution in [2.75, 3.05) is 0 Å². The molecule has 86 valence electrons. The zero-order valence-corrected chi connectivity index (χ0v) is 10.4. The molecule has 2 fully saturated rings. The van der Waals surface area contributed by atoms with Crippen LogP contribution in [0.3, 0.4) is 0 Å². The predicted molar refractivity (Wildman–Crippen MR) is 68.1 cm³/mol. The minimum Gasteiger partial charge on any atom is -0.311 e. The van der Waals surface area contributed by atoms with Gasteiger partial charge in [0.1, 0.15) is 0 Å². The van der Waals surface area contributed by atoms with Crippen molar-refractivity contribution in [3.8, 4) is 0 Å². The summed E-state index contributed by atoms with van der Waals surface area (Å²) in [4.78, 5) is 0. The summed E-state index contributed by atoms with van der Waals surface area (Å²) in [6, 6.07) is 7.92. The number of halogens is 1. The van der Waals surface area contributed by atoms with E-state index >= 15 is 0 Å². The summed E-state index contributed by atoms with van der Waals surface area (Å²) in [6.45, 7) is 2.10. The fourth-order valence-electron chi connectivity index (χ4n) is 3.30. The van der Waals surface area contributed by atoms with Crippen molar-refractivity contribution in [2.45, 2.75) is 50.6 Å². The monoisotopic (exact) mass is 235 g/mol. The zero-order valence-electron chi connectivity index (χ0n) is 9.67. The molecule has 1 unspecified atom stereocenters. The Balaban J connectivity index is 1.89. The molecule has 3 atom stereocenters. The van der Waals surface area contributed by atoms with Crippen LogP contribution in [0.25, 0.3) is 0 Å². The second-order valence-corrected chi connectivity index (χ2v) is 5.66. The average Bonchev–Trinajstić information content (AvgIpc) is 2.62. The lowest BCUT2D eigenvalue weighted by Gasteiger charge is -2.30. The number of hydrogen-bond acceptors (Lipinski definition) is 1. The summed E-state index contributed by atoms with van der Waals surface area (Å²) >= 11 is 6.42. The van der Waals surface area contributed by atoms with Gasteiger partial charge in [0, 0.05) is 17.1 Å². The summed E-state index contributed by atoms with van der Waals surface area (Å²) < 4.78 is 0. The van der Waals surface area contributed by atoms with Crippen molar-refractivity contribution in [1.82, 2.24) is 5.32 Å². The lowest BCUT2D eigenvalue weighted by atomic mass is 9.85. The fraction of sp³-hybridized carbons (Fsp3) is 0.571. The van der Waals surface area contributed by atoms with Crippen LogP contribution in [-0.4, -0.2) is 12.1 Å². The summed E-state index contributed by atoms with van der Waals surface area (Å²) in [5.74, 6) is 0.672. The number of piperidine rings is 1. The number of hydrogen-bond donors (Lipinski definition) is 1.